The van der Waals surface area contributed by atoms with E-state index in [2.05, 4.69) is 23.8 Å². The molecule has 0 fully saturated rings. The molecule has 2 rings (SSSR count). The molecule has 18 heavy (non-hydrogen) atoms. The van der Waals surface area contributed by atoms with Crippen molar-refractivity contribution in [3.63, 3.8) is 0 Å². The highest BCUT2D eigenvalue weighted by Gasteiger charge is 2.07. The molecular weight excluding hydrogens is 226 g/mol. The lowest BCUT2D eigenvalue weighted by Gasteiger charge is -2.10. The van der Waals surface area contributed by atoms with Crippen molar-refractivity contribution in [2.75, 3.05) is 5.73 Å². The molecule has 0 aliphatic heterocycles. The highest BCUT2D eigenvalue weighted by molar-refractivity contribution is 5.54. The quantitative estimate of drug-likeness (QED) is 0.840. The van der Waals surface area contributed by atoms with Gasteiger partial charge in [0.25, 0.3) is 0 Å². The summed E-state index contributed by atoms with van der Waals surface area (Å²) >= 11 is 0. The molecule has 0 aliphatic rings. The fraction of sp³-hybridized carbons (Fsp3) is 0.286. The minimum atomic E-state index is 0.338. The lowest BCUT2D eigenvalue weighted by molar-refractivity contribution is 0.461. The first kappa shape index (κ1) is 12.4. The van der Waals surface area contributed by atoms with Crippen molar-refractivity contribution in [2.24, 2.45) is 0 Å². The molecule has 0 saturated carbocycles. The standard InChI is InChI=1S/C14H17N3O/c1-9(2)12-7-14(17-8-16-12)18-13-6-10(3)4-5-11(13)15/h4-9H,15H2,1-3H3. The van der Waals surface area contributed by atoms with Crippen LogP contribution in [0.4, 0.5) is 5.69 Å². The van der Waals surface area contributed by atoms with Gasteiger partial charge in [-0.1, -0.05) is 19.9 Å². The van der Waals surface area contributed by atoms with E-state index in [0.29, 0.717) is 23.2 Å². The molecule has 0 atom stereocenters. The Balaban J connectivity index is 2.28. The number of nitrogens with two attached hydrogens (primary N) is 1. The Labute approximate surface area is 107 Å². The SMILES string of the molecule is Cc1ccc(N)c(Oc2cc(C(C)C)ncn2)c1. The molecule has 0 spiro atoms. The fourth-order valence-corrected chi connectivity index (χ4v) is 1.57. The number of nitrogens with zero attached hydrogens (tertiary/aromatic N) is 2. The zero-order valence-corrected chi connectivity index (χ0v) is 10.8. The molecule has 0 amide bonds. The van der Waals surface area contributed by atoms with E-state index in [-0.39, 0.29) is 0 Å². The molecule has 0 saturated heterocycles. The van der Waals surface area contributed by atoms with Crippen LogP contribution < -0.4 is 10.5 Å². The Morgan fingerprint density at radius 3 is 2.67 bits per heavy atom. The van der Waals surface area contributed by atoms with Crippen LogP contribution in [0.1, 0.15) is 31.0 Å². The Hall–Kier alpha value is -2.10. The second kappa shape index (κ2) is 5.04. The van der Waals surface area contributed by atoms with Crippen LogP contribution in [0.5, 0.6) is 11.6 Å². The Bertz CT molecular complexity index is 552. The molecule has 0 aliphatic carbocycles. The summed E-state index contributed by atoms with van der Waals surface area (Å²) in [6, 6.07) is 7.51. The molecule has 1 heterocycles. The number of hydrogen-bond donors (Lipinski definition) is 1. The third-order valence-electron chi connectivity index (χ3n) is 2.64. The minimum absolute atomic E-state index is 0.338. The molecule has 0 bridgehead atoms. The monoisotopic (exact) mass is 243 g/mol. The molecule has 0 radical (unpaired) electrons. The van der Waals surface area contributed by atoms with Crippen LogP contribution in [0.25, 0.3) is 0 Å². The fourth-order valence-electron chi connectivity index (χ4n) is 1.57. The molecule has 2 aromatic rings. The highest BCUT2D eigenvalue weighted by atomic mass is 16.5. The van der Waals surface area contributed by atoms with Gasteiger partial charge in [-0.2, -0.15) is 0 Å². The largest absolute Gasteiger partial charge is 0.437 e. The van der Waals surface area contributed by atoms with E-state index in [4.69, 9.17) is 10.5 Å². The molecule has 4 heteroatoms. The summed E-state index contributed by atoms with van der Waals surface area (Å²) in [5.74, 6) is 1.49. The third-order valence-corrected chi connectivity index (χ3v) is 2.64. The number of hydrogen-bond acceptors (Lipinski definition) is 4. The molecule has 0 unspecified atom stereocenters. The van der Waals surface area contributed by atoms with Gasteiger partial charge in [0.1, 0.15) is 6.33 Å². The van der Waals surface area contributed by atoms with E-state index in [1.54, 1.807) is 0 Å². The minimum Gasteiger partial charge on any atom is -0.437 e. The van der Waals surface area contributed by atoms with E-state index < -0.39 is 0 Å². The Morgan fingerprint density at radius 1 is 1.17 bits per heavy atom. The van der Waals surface area contributed by atoms with E-state index in [9.17, 15) is 0 Å². The number of benzene rings is 1. The van der Waals surface area contributed by atoms with Gasteiger partial charge in [-0.25, -0.2) is 9.97 Å². The second-order valence-electron chi connectivity index (χ2n) is 4.58. The van der Waals surface area contributed by atoms with Gasteiger partial charge in [0.05, 0.1) is 11.4 Å². The number of nitrogen functional groups attached to an aromatic ring is 1. The summed E-state index contributed by atoms with van der Waals surface area (Å²) in [6.07, 6.45) is 1.51. The van der Waals surface area contributed by atoms with Crippen LogP contribution in [-0.4, -0.2) is 9.97 Å². The zero-order valence-electron chi connectivity index (χ0n) is 10.8. The van der Waals surface area contributed by atoms with Crippen LogP contribution in [0.2, 0.25) is 0 Å². The normalized spacial score (nSPS) is 10.7. The van der Waals surface area contributed by atoms with E-state index in [0.717, 1.165) is 11.3 Å². The first-order valence-electron chi connectivity index (χ1n) is 5.92. The van der Waals surface area contributed by atoms with Gasteiger partial charge in [0, 0.05) is 6.07 Å². The predicted octanol–water partition coefficient (Wildman–Crippen LogP) is 3.28. The number of anilines is 1. The van der Waals surface area contributed by atoms with E-state index in [1.807, 2.05) is 31.2 Å². The van der Waals surface area contributed by atoms with Gasteiger partial charge in [-0.3, -0.25) is 0 Å². The van der Waals surface area contributed by atoms with Crippen molar-refractivity contribution in [2.45, 2.75) is 26.7 Å². The maximum Gasteiger partial charge on any atom is 0.222 e. The third kappa shape index (κ3) is 2.77. The number of aromatic nitrogens is 2. The predicted molar refractivity (Wildman–Crippen MR) is 71.8 cm³/mol. The number of aryl methyl sites for hydroxylation is 1. The Morgan fingerprint density at radius 2 is 1.94 bits per heavy atom. The van der Waals surface area contributed by atoms with Gasteiger partial charge in [0.15, 0.2) is 5.75 Å². The van der Waals surface area contributed by atoms with Crippen LogP contribution >= 0.6 is 0 Å². The summed E-state index contributed by atoms with van der Waals surface area (Å²) in [7, 11) is 0. The van der Waals surface area contributed by atoms with Crippen molar-refractivity contribution >= 4 is 5.69 Å². The molecule has 1 aromatic carbocycles. The molecule has 94 valence electrons. The van der Waals surface area contributed by atoms with Crippen molar-refractivity contribution in [3.8, 4) is 11.6 Å². The highest BCUT2D eigenvalue weighted by Crippen LogP contribution is 2.27. The lowest BCUT2D eigenvalue weighted by Crippen LogP contribution is -1.98. The molecular formula is C14H17N3O. The first-order valence-corrected chi connectivity index (χ1v) is 5.92. The van der Waals surface area contributed by atoms with Crippen LogP contribution in [-0.2, 0) is 0 Å². The van der Waals surface area contributed by atoms with Crippen molar-refractivity contribution < 1.29 is 4.74 Å². The van der Waals surface area contributed by atoms with Crippen molar-refractivity contribution in [1.29, 1.82) is 0 Å². The van der Waals surface area contributed by atoms with Gasteiger partial charge in [0.2, 0.25) is 5.88 Å². The van der Waals surface area contributed by atoms with E-state index >= 15 is 0 Å². The second-order valence-corrected chi connectivity index (χ2v) is 4.58. The summed E-state index contributed by atoms with van der Waals surface area (Å²) in [4.78, 5) is 8.30. The maximum absolute atomic E-state index is 5.87. The lowest BCUT2D eigenvalue weighted by atomic mass is 10.1. The number of rotatable bonds is 3. The molecule has 1 aromatic heterocycles. The summed E-state index contributed by atoms with van der Waals surface area (Å²) in [6.45, 7) is 6.14. The topological polar surface area (TPSA) is 61.0 Å². The van der Waals surface area contributed by atoms with Gasteiger partial charge < -0.3 is 10.5 Å². The van der Waals surface area contributed by atoms with Crippen LogP contribution in [0, 0.1) is 6.92 Å². The summed E-state index contributed by atoms with van der Waals surface area (Å²) in [5.41, 5.74) is 8.51. The Kier molecular flexibility index (Phi) is 3.46. The van der Waals surface area contributed by atoms with Crippen LogP contribution in [0.3, 0.4) is 0 Å². The molecule has 2 N–H and O–H groups in total. The van der Waals surface area contributed by atoms with E-state index in [1.165, 1.54) is 6.33 Å². The smallest absolute Gasteiger partial charge is 0.222 e. The first-order chi connectivity index (χ1) is 8.56. The van der Waals surface area contributed by atoms with Gasteiger partial charge in [-0.15, -0.1) is 0 Å². The van der Waals surface area contributed by atoms with Gasteiger partial charge in [-0.05, 0) is 30.5 Å². The van der Waals surface area contributed by atoms with Gasteiger partial charge >= 0.3 is 0 Å². The van der Waals surface area contributed by atoms with Crippen molar-refractivity contribution in [1.82, 2.24) is 9.97 Å². The molecule has 4 nitrogen and oxygen atoms in total. The zero-order chi connectivity index (χ0) is 13.1. The average Bonchev–Trinajstić information content (AvgIpc) is 2.34. The summed E-state index contributed by atoms with van der Waals surface area (Å²) < 4.78 is 5.70. The average molecular weight is 243 g/mol. The summed E-state index contributed by atoms with van der Waals surface area (Å²) in [5, 5.41) is 0. The van der Waals surface area contributed by atoms with Crippen LogP contribution in [0.15, 0.2) is 30.6 Å². The maximum atomic E-state index is 5.87. The van der Waals surface area contributed by atoms with Crippen molar-refractivity contribution in [3.05, 3.63) is 41.9 Å². The number of ether oxygens (including phenoxy) is 1.